The maximum atomic E-state index is 12.6. The van der Waals surface area contributed by atoms with Crippen LogP contribution in [-0.2, 0) is 19.5 Å². The average Bonchev–Trinajstić information content (AvgIpc) is 2.96. The number of sulfonamides is 1. The summed E-state index contributed by atoms with van der Waals surface area (Å²) in [5.74, 6) is -0.451. The van der Waals surface area contributed by atoms with E-state index in [0.29, 0.717) is 18.1 Å². The summed E-state index contributed by atoms with van der Waals surface area (Å²) < 4.78 is 38.1. The third-order valence-corrected chi connectivity index (χ3v) is 6.39. The molecule has 1 aromatic carbocycles. The predicted molar refractivity (Wildman–Crippen MR) is 78.3 cm³/mol. The highest BCUT2D eigenvalue weighted by molar-refractivity contribution is 7.89. The van der Waals surface area contributed by atoms with E-state index in [1.165, 1.54) is 4.31 Å². The van der Waals surface area contributed by atoms with Gasteiger partial charge in [-0.1, -0.05) is 18.2 Å². The fourth-order valence-electron chi connectivity index (χ4n) is 3.15. The van der Waals surface area contributed by atoms with Crippen molar-refractivity contribution >= 4 is 10.0 Å². The van der Waals surface area contributed by atoms with Crippen LogP contribution in [0.2, 0.25) is 0 Å². The maximum absolute atomic E-state index is 12.6. The van der Waals surface area contributed by atoms with E-state index in [9.17, 15) is 8.42 Å². The molecule has 5 nitrogen and oxygen atoms in total. The summed E-state index contributed by atoms with van der Waals surface area (Å²) in [6.45, 7) is 1.28. The van der Waals surface area contributed by atoms with Crippen molar-refractivity contribution in [2.24, 2.45) is 0 Å². The molecule has 1 saturated carbocycles. The standard InChI is InChI=1S/C15H21NO4S/c1-16(21(17,18)14-5-3-2-4-6-14)13-7-9-15(10-8-13)19-11-12-20-15/h2-6,13H,7-12H2,1H3. The van der Waals surface area contributed by atoms with Gasteiger partial charge in [0.2, 0.25) is 10.0 Å². The molecule has 0 aromatic heterocycles. The lowest BCUT2D eigenvalue weighted by Crippen LogP contribution is -2.44. The van der Waals surface area contributed by atoms with Gasteiger partial charge >= 0.3 is 0 Å². The Hall–Kier alpha value is -0.950. The quantitative estimate of drug-likeness (QED) is 0.856. The molecule has 1 heterocycles. The Bertz CT molecular complexity index is 571. The van der Waals surface area contributed by atoms with Gasteiger partial charge in [0.1, 0.15) is 0 Å². The van der Waals surface area contributed by atoms with Gasteiger partial charge < -0.3 is 9.47 Å². The van der Waals surface area contributed by atoms with Gasteiger partial charge in [0.25, 0.3) is 0 Å². The lowest BCUT2D eigenvalue weighted by atomic mass is 9.90. The Morgan fingerprint density at radius 1 is 1.10 bits per heavy atom. The van der Waals surface area contributed by atoms with Crippen molar-refractivity contribution in [1.29, 1.82) is 0 Å². The van der Waals surface area contributed by atoms with Gasteiger partial charge in [0, 0.05) is 25.9 Å². The Morgan fingerprint density at radius 3 is 2.24 bits per heavy atom. The maximum Gasteiger partial charge on any atom is 0.243 e. The van der Waals surface area contributed by atoms with Crippen molar-refractivity contribution in [3.05, 3.63) is 30.3 Å². The largest absolute Gasteiger partial charge is 0.348 e. The summed E-state index contributed by atoms with van der Waals surface area (Å²) in [4.78, 5) is 0.348. The second-order valence-corrected chi connectivity index (χ2v) is 7.67. The number of nitrogens with zero attached hydrogens (tertiary/aromatic N) is 1. The minimum Gasteiger partial charge on any atom is -0.348 e. The lowest BCUT2D eigenvalue weighted by molar-refractivity contribution is -0.181. The van der Waals surface area contributed by atoms with Crippen LogP contribution in [-0.4, -0.2) is 44.8 Å². The minimum atomic E-state index is -3.42. The average molecular weight is 311 g/mol. The van der Waals surface area contributed by atoms with Crippen molar-refractivity contribution < 1.29 is 17.9 Å². The zero-order chi connectivity index (χ0) is 14.9. The Labute approximate surface area is 125 Å². The third-order valence-electron chi connectivity index (χ3n) is 4.46. The summed E-state index contributed by atoms with van der Waals surface area (Å²) in [7, 11) is -1.75. The number of ether oxygens (including phenoxy) is 2. The Balaban J connectivity index is 1.70. The first-order chi connectivity index (χ1) is 10.0. The van der Waals surface area contributed by atoms with E-state index >= 15 is 0 Å². The monoisotopic (exact) mass is 311 g/mol. The number of hydrogen-bond acceptors (Lipinski definition) is 4. The molecule has 21 heavy (non-hydrogen) atoms. The van der Waals surface area contributed by atoms with E-state index in [1.54, 1.807) is 31.3 Å². The molecule has 2 aliphatic rings. The molecule has 1 saturated heterocycles. The van der Waals surface area contributed by atoms with Crippen LogP contribution in [0.5, 0.6) is 0 Å². The zero-order valence-electron chi connectivity index (χ0n) is 12.2. The molecule has 116 valence electrons. The normalized spacial score (nSPS) is 23.0. The second kappa shape index (κ2) is 5.68. The summed E-state index contributed by atoms with van der Waals surface area (Å²) in [6.07, 6.45) is 3.05. The fourth-order valence-corrected chi connectivity index (χ4v) is 4.58. The van der Waals surface area contributed by atoms with E-state index in [0.717, 1.165) is 25.7 Å². The molecule has 1 aliphatic carbocycles. The molecule has 3 rings (SSSR count). The first-order valence-corrected chi connectivity index (χ1v) is 8.79. The molecule has 1 spiro atoms. The molecule has 0 N–H and O–H groups in total. The topological polar surface area (TPSA) is 55.8 Å². The summed E-state index contributed by atoms with van der Waals surface area (Å²) >= 11 is 0. The lowest BCUT2D eigenvalue weighted by Gasteiger charge is -2.38. The minimum absolute atomic E-state index is 0.00799. The summed E-state index contributed by atoms with van der Waals surface area (Å²) in [5, 5.41) is 0. The molecule has 6 heteroatoms. The van der Waals surface area contributed by atoms with Gasteiger partial charge in [0.15, 0.2) is 5.79 Å². The highest BCUT2D eigenvalue weighted by Crippen LogP contribution is 2.38. The van der Waals surface area contributed by atoms with Gasteiger partial charge in [-0.3, -0.25) is 0 Å². The van der Waals surface area contributed by atoms with Crippen molar-refractivity contribution in [2.45, 2.75) is 42.4 Å². The smallest absolute Gasteiger partial charge is 0.243 e. The van der Waals surface area contributed by atoms with E-state index < -0.39 is 15.8 Å². The third kappa shape index (κ3) is 2.85. The molecule has 0 radical (unpaired) electrons. The SMILES string of the molecule is CN(C1CCC2(CC1)OCCO2)S(=O)(=O)c1ccccc1. The molecular formula is C15H21NO4S. The first kappa shape index (κ1) is 15.0. The van der Waals surface area contributed by atoms with Crippen LogP contribution < -0.4 is 0 Å². The van der Waals surface area contributed by atoms with Crippen LogP contribution in [0.4, 0.5) is 0 Å². The molecule has 0 atom stereocenters. The van der Waals surface area contributed by atoms with Gasteiger partial charge in [0.05, 0.1) is 18.1 Å². The summed E-state index contributed by atoms with van der Waals surface area (Å²) in [6, 6.07) is 8.60. The molecule has 0 amide bonds. The highest BCUT2D eigenvalue weighted by Gasteiger charge is 2.42. The van der Waals surface area contributed by atoms with Crippen molar-refractivity contribution in [3.8, 4) is 0 Å². The molecular weight excluding hydrogens is 290 g/mol. The van der Waals surface area contributed by atoms with E-state index in [4.69, 9.17) is 9.47 Å². The number of benzene rings is 1. The van der Waals surface area contributed by atoms with Crippen molar-refractivity contribution in [3.63, 3.8) is 0 Å². The van der Waals surface area contributed by atoms with Crippen LogP contribution in [0.1, 0.15) is 25.7 Å². The predicted octanol–water partition coefficient (Wildman–Crippen LogP) is 1.99. The van der Waals surface area contributed by atoms with Crippen molar-refractivity contribution in [1.82, 2.24) is 4.31 Å². The summed E-state index contributed by atoms with van der Waals surface area (Å²) in [5.41, 5.74) is 0. The van der Waals surface area contributed by atoms with Gasteiger partial charge in [-0.15, -0.1) is 0 Å². The molecule has 1 aromatic rings. The van der Waals surface area contributed by atoms with Gasteiger partial charge in [-0.25, -0.2) is 8.42 Å². The number of rotatable bonds is 3. The van der Waals surface area contributed by atoms with E-state index in [-0.39, 0.29) is 6.04 Å². The first-order valence-electron chi connectivity index (χ1n) is 7.35. The van der Waals surface area contributed by atoms with Crippen LogP contribution in [0.3, 0.4) is 0 Å². The Kier molecular flexibility index (Phi) is 4.05. The Morgan fingerprint density at radius 2 is 1.67 bits per heavy atom. The highest BCUT2D eigenvalue weighted by atomic mass is 32.2. The van der Waals surface area contributed by atoms with Gasteiger partial charge in [-0.05, 0) is 25.0 Å². The zero-order valence-corrected chi connectivity index (χ0v) is 13.0. The van der Waals surface area contributed by atoms with E-state index in [1.807, 2.05) is 6.07 Å². The molecule has 2 fully saturated rings. The molecule has 0 bridgehead atoms. The second-order valence-electron chi connectivity index (χ2n) is 5.67. The molecule has 1 aliphatic heterocycles. The number of hydrogen-bond donors (Lipinski definition) is 0. The van der Waals surface area contributed by atoms with E-state index in [2.05, 4.69) is 0 Å². The van der Waals surface area contributed by atoms with Crippen LogP contribution in [0.25, 0.3) is 0 Å². The van der Waals surface area contributed by atoms with Crippen molar-refractivity contribution in [2.75, 3.05) is 20.3 Å². The van der Waals surface area contributed by atoms with Gasteiger partial charge in [-0.2, -0.15) is 4.31 Å². The van der Waals surface area contributed by atoms with Crippen LogP contribution in [0, 0.1) is 0 Å². The van der Waals surface area contributed by atoms with Crippen LogP contribution >= 0.6 is 0 Å². The van der Waals surface area contributed by atoms with Crippen LogP contribution in [0.15, 0.2) is 35.2 Å². The fraction of sp³-hybridized carbons (Fsp3) is 0.600. The molecule has 0 unspecified atom stereocenters.